The average molecular weight is 251 g/mol. The second kappa shape index (κ2) is 6.01. The van der Waals surface area contributed by atoms with Gasteiger partial charge in [0.05, 0.1) is 0 Å². The van der Waals surface area contributed by atoms with E-state index in [0.717, 1.165) is 16.8 Å². The Morgan fingerprint density at radius 1 is 1.00 bits per heavy atom. The van der Waals surface area contributed by atoms with Crippen LogP contribution in [0.2, 0.25) is 0 Å². The van der Waals surface area contributed by atoms with Crippen LogP contribution in [-0.2, 0) is 4.79 Å². The van der Waals surface area contributed by atoms with Crippen molar-refractivity contribution in [1.82, 2.24) is 0 Å². The van der Waals surface area contributed by atoms with Crippen LogP contribution in [0.15, 0.2) is 54.6 Å². The summed E-state index contributed by atoms with van der Waals surface area (Å²) in [6, 6.07) is 15.8. The zero-order valence-electron chi connectivity index (χ0n) is 11.2. The van der Waals surface area contributed by atoms with Crippen LogP contribution >= 0.6 is 0 Å². The van der Waals surface area contributed by atoms with Crippen LogP contribution in [0.25, 0.3) is 6.08 Å². The van der Waals surface area contributed by atoms with Gasteiger partial charge in [0.25, 0.3) is 0 Å². The normalized spacial score (nSPS) is 10.6. The SMILES string of the molecule is Cc1ccc(/C=C/C(=O)Nc2cccc(C)c2)cc1. The predicted molar refractivity (Wildman–Crippen MR) is 80.0 cm³/mol. The van der Waals surface area contributed by atoms with Crippen molar-refractivity contribution in [2.75, 3.05) is 5.32 Å². The zero-order chi connectivity index (χ0) is 13.7. The highest BCUT2D eigenvalue weighted by Crippen LogP contribution is 2.10. The first-order chi connectivity index (χ1) is 9.13. The average Bonchev–Trinajstić information content (AvgIpc) is 2.38. The molecule has 0 heterocycles. The minimum atomic E-state index is -0.119. The minimum absolute atomic E-state index is 0.119. The fourth-order valence-electron chi connectivity index (χ4n) is 1.76. The summed E-state index contributed by atoms with van der Waals surface area (Å²) >= 11 is 0. The Kier molecular flexibility index (Phi) is 4.14. The van der Waals surface area contributed by atoms with Gasteiger partial charge in [0.15, 0.2) is 0 Å². The Morgan fingerprint density at radius 2 is 1.74 bits per heavy atom. The maximum atomic E-state index is 11.8. The molecule has 1 N–H and O–H groups in total. The van der Waals surface area contributed by atoms with E-state index < -0.39 is 0 Å². The lowest BCUT2D eigenvalue weighted by Crippen LogP contribution is -2.07. The number of aryl methyl sites for hydroxylation is 2. The summed E-state index contributed by atoms with van der Waals surface area (Å²) in [4.78, 5) is 11.8. The lowest BCUT2D eigenvalue weighted by atomic mass is 10.1. The Morgan fingerprint density at radius 3 is 2.42 bits per heavy atom. The number of carbonyl (C=O) groups is 1. The summed E-state index contributed by atoms with van der Waals surface area (Å²) in [5.74, 6) is -0.119. The lowest BCUT2D eigenvalue weighted by Gasteiger charge is -2.02. The minimum Gasteiger partial charge on any atom is -0.323 e. The highest BCUT2D eigenvalue weighted by molar-refractivity contribution is 6.01. The number of benzene rings is 2. The molecule has 2 heteroatoms. The van der Waals surface area contributed by atoms with E-state index in [4.69, 9.17) is 0 Å². The van der Waals surface area contributed by atoms with Crippen molar-refractivity contribution in [1.29, 1.82) is 0 Å². The van der Waals surface area contributed by atoms with Crippen LogP contribution in [0.5, 0.6) is 0 Å². The van der Waals surface area contributed by atoms with Gasteiger partial charge in [-0.05, 0) is 43.2 Å². The van der Waals surface area contributed by atoms with Gasteiger partial charge >= 0.3 is 0 Å². The Labute approximate surface area is 113 Å². The second-order valence-electron chi connectivity index (χ2n) is 4.60. The number of nitrogens with one attached hydrogen (secondary N) is 1. The van der Waals surface area contributed by atoms with Gasteiger partial charge in [-0.2, -0.15) is 0 Å². The van der Waals surface area contributed by atoms with Gasteiger partial charge in [-0.25, -0.2) is 0 Å². The van der Waals surface area contributed by atoms with Gasteiger partial charge in [-0.3, -0.25) is 4.79 Å². The van der Waals surface area contributed by atoms with Crippen molar-refractivity contribution in [2.24, 2.45) is 0 Å². The van der Waals surface area contributed by atoms with Gasteiger partial charge in [-0.1, -0.05) is 42.0 Å². The van der Waals surface area contributed by atoms with Crippen LogP contribution in [0.3, 0.4) is 0 Å². The molecule has 0 unspecified atom stereocenters. The first-order valence-corrected chi connectivity index (χ1v) is 6.26. The fourth-order valence-corrected chi connectivity index (χ4v) is 1.76. The van der Waals surface area contributed by atoms with Crippen LogP contribution in [0.1, 0.15) is 16.7 Å². The van der Waals surface area contributed by atoms with Gasteiger partial charge < -0.3 is 5.32 Å². The van der Waals surface area contributed by atoms with E-state index in [1.807, 2.05) is 68.5 Å². The summed E-state index contributed by atoms with van der Waals surface area (Å²) < 4.78 is 0. The fraction of sp³-hybridized carbons (Fsp3) is 0.118. The Bertz CT molecular complexity index is 597. The highest BCUT2D eigenvalue weighted by Gasteiger charge is 1.97. The molecule has 2 aromatic carbocycles. The van der Waals surface area contributed by atoms with Crippen molar-refractivity contribution >= 4 is 17.7 Å². The van der Waals surface area contributed by atoms with Gasteiger partial charge in [0.1, 0.15) is 0 Å². The van der Waals surface area contributed by atoms with Crippen molar-refractivity contribution in [2.45, 2.75) is 13.8 Å². The molecule has 0 atom stereocenters. The molecule has 0 bridgehead atoms. The topological polar surface area (TPSA) is 29.1 Å². The summed E-state index contributed by atoms with van der Waals surface area (Å²) in [5.41, 5.74) is 4.17. The molecule has 0 radical (unpaired) electrons. The van der Waals surface area contributed by atoms with E-state index in [1.54, 1.807) is 6.08 Å². The molecule has 0 aliphatic carbocycles. The number of rotatable bonds is 3. The maximum Gasteiger partial charge on any atom is 0.248 e. The van der Waals surface area contributed by atoms with Crippen molar-refractivity contribution in [3.63, 3.8) is 0 Å². The van der Waals surface area contributed by atoms with E-state index in [0.29, 0.717) is 0 Å². The van der Waals surface area contributed by atoms with E-state index in [-0.39, 0.29) is 5.91 Å². The third-order valence-corrected chi connectivity index (χ3v) is 2.79. The number of carbonyl (C=O) groups excluding carboxylic acids is 1. The summed E-state index contributed by atoms with van der Waals surface area (Å²) in [5, 5.41) is 2.84. The van der Waals surface area contributed by atoms with Crippen molar-refractivity contribution in [3.05, 3.63) is 71.3 Å². The van der Waals surface area contributed by atoms with Gasteiger partial charge in [0, 0.05) is 11.8 Å². The van der Waals surface area contributed by atoms with Crippen LogP contribution in [0, 0.1) is 13.8 Å². The first-order valence-electron chi connectivity index (χ1n) is 6.26. The molecule has 0 fully saturated rings. The second-order valence-corrected chi connectivity index (χ2v) is 4.60. The number of hydrogen-bond donors (Lipinski definition) is 1. The molecular formula is C17H17NO. The number of amides is 1. The third kappa shape index (κ3) is 4.11. The zero-order valence-corrected chi connectivity index (χ0v) is 11.2. The number of anilines is 1. The largest absolute Gasteiger partial charge is 0.323 e. The molecule has 0 saturated heterocycles. The van der Waals surface area contributed by atoms with E-state index in [2.05, 4.69) is 5.32 Å². The van der Waals surface area contributed by atoms with Crippen LogP contribution in [-0.4, -0.2) is 5.91 Å². The molecule has 2 nitrogen and oxygen atoms in total. The van der Waals surface area contributed by atoms with Gasteiger partial charge in [-0.15, -0.1) is 0 Å². The lowest BCUT2D eigenvalue weighted by molar-refractivity contribution is -0.111. The standard InChI is InChI=1S/C17H17NO/c1-13-6-8-15(9-7-13)10-11-17(19)18-16-5-3-4-14(2)12-16/h3-12H,1-2H3,(H,18,19)/b11-10+. The molecule has 19 heavy (non-hydrogen) atoms. The maximum absolute atomic E-state index is 11.8. The smallest absolute Gasteiger partial charge is 0.248 e. The quantitative estimate of drug-likeness (QED) is 0.822. The molecule has 0 aliphatic rings. The molecule has 96 valence electrons. The van der Waals surface area contributed by atoms with Crippen LogP contribution < -0.4 is 5.32 Å². The summed E-state index contributed by atoms with van der Waals surface area (Å²) in [6.07, 6.45) is 3.36. The molecule has 1 amide bonds. The Hall–Kier alpha value is -2.35. The molecule has 2 rings (SSSR count). The molecule has 0 saturated carbocycles. The summed E-state index contributed by atoms with van der Waals surface area (Å²) in [7, 11) is 0. The molecule has 0 spiro atoms. The molecule has 0 aromatic heterocycles. The van der Waals surface area contributed by atoms with E-state index >= 15 is 0 Å². The van der Waals surface area contributed by atoms with E-state index in [1.165, 1.54) is 5.56 Å². The first kappa shape index (κ1) is 13.1. The predicted octanol–water partition coefficient (Wildman–Crippen LogP) is 3.96. The highest BCUT2D eigenvalue weighted by atomic mass is 16.1. The summed E-state index contributed by atoms with van der Waals surface area (Å²) in [6.45, 7) is 4.04. The number of hydrogen-bond acceptors (Lipinski definition) is 1. The van der Waals surface area contributed by atoms with Gasteiger partial charge in [0.2, 0.25) is 5.91 Å². The van der Waals surface area contributed by atoms with Crippen LogP contribution in [0.4, 0.5) is 5.69 Å². The molecule has 2 aromatic rings. The van der Waals surface area contributed by atoms with Crippen molar-refractivity contribution < 1.29 is 4.79 Å². The monoisotopic (exact) mass is 251 g/mol. The molecular weight excluding hydrogens is 234 g/mol. The Balaban J connectivity index is 1.99. The molecule has 0 aliphatic heterocycles. The van der Waals surface area contributed by atoms with E-state index in [9.17, 15) is 4.79 Å². The van der Waals surface area contributed by atoms with Crippen molar-refractivity contribution in [3.8, 4) is 0 Å². The third-order valence-electron chi connectivity index (χ3n) is 2.79.